The first kappa shape index (κ1) is 15.1. The van der Waals surface area contributed by atoms with E-state index in [4.69, 9.17) is 4.98 Å². The molecule has 0 bridgehead atoms. The van der Waals surface area contributed by atoms with Gasteiger partial charge in [0.05, 0.1) is 11.0 Å². The smallest absolute Gasteiger partial charge is 0.113 e. The average Bonchev–Trinajstić information content (AvgIpc) is 2.89. The van der Waals surface area contributed by atoms with E-state index in [1.165, 1.54) is 5.56 Å². The van der Waals surface area contributed by atoms with E-state index in [2.05, 4.69) is 64.7 Å². The molecule has 0 saturated carbocycles. The predicted molar refractivity (Wildman–Crippen MR) is 87.3 cm³/mol. The summed E-state index contributed by atoms with van der Waals surface area (Å²) in [5.41, 5.74) is 4.00. The van der Waals surface area contributed by atoms with Crippen molar-refractivity contribution in [2.75, 3.05) is 0 Å². The molecule has 20 heavy (non-hydrogen) atoms. The lowest BCUT2D eigenvalue weighted by Crippen LogP contribution is -2.21. The third-order valence-electron chi connectivity index (χ3n) is 5.28. The number of hydrogen-bond donors (Lipinski definition) is 1. The van der Waals surface area contributed by atoms with Gasteiger partial charge < -0.3 is 4.98 Å². The molecule has 0 amide bonds. The van der Waals surface area contributed by atoms with Gasteiger partial charge in [-0.25, -0.2) is 4.98 Å². The van der Waals surface area contributed by atoms with Crippen molar-refractivity contribution in [3.8, 4) is 0 Å². The van der Waals surface area contributed by atoms with Gasteiger partial charge in [-0.15, -0.1) is 0 Å². The summed E-state index contributed by atoms with van der Waals surface area (Å²) < 4.78 is 0. The first-order valence-electron chi connectivity index (χ1n) is 7.87. The predicted octanol–water partition coefficient (Wildman–Crippen LogP) is 5.33. The zero-order valence-corrected chi connectivity index (χ0v) is 13.8. The van der Waals surface area contributed by atoms with Crippen molar-refractivity contribution in [2.45, 2.75) is 71.6 Å². The van der Waals surface area contributed by atoms with E-state index in [-0.39, 0.29) is 10.8 Å². The van der Waals surface area contributed by atoms with Gasteiger partial charge in [-0.3, -0.25) is 0 Å². The molecule has 0 aliphatic heterocycles. The molecule has 0 radical (unpaired) electrons. The molecule has 0 atom stereocenters. The quantitative estimate of drug-likeness (QED) is 0.783. The number of H-pyrrole nitrogens is 1. The molecule has 0 fully saturated rings. The number of aromatic amines is 1. The van der Waals surface area contributed by atoms with E-state index < -0.39 is 0 Å². The number of nitrogens with zero attached hydrogens (tertiary/aromatic N) is 1. The monoisotopic (exact) mass is 272 g/mol. The second kappa shape index (κ2) is 5.23. The van der Waals surface area contributed by atoms with Crippen LogP contribution in [0, 0.1) is 0 Å². The fourth-order valence-corrected chi connectivity index (χ4v) is 2.50. The van der Waals surface area contributed by atoms with Crippen LogP contribution in [0.4, 0.5) is 0 Å². The number of nitrogens with one attached hydrogen (secondary N) is 1. The Bertz CT molecular complexity index is 588. The molecule has 2 heteroatoms. The van der Waals surface area contributed by atoms with Gasteiger partial charge in [-0.05, 0) is 42.4 Å². The number of hydrogen-bond acceptors (Lipinski definition) is 1. The van der Waals surface area contributed by atoms with Gasteiger partial charge in [0.2, 0.25) is 0 Å². The Morgan fingerprint density at radius 2 is 1.65 bits per heavy atom. The Morgan fingerprint density at radius 3 is 2.20 bits per heavy atom. The van der Waals surface area contributed by atoms with Crippen molar-refractivity contribution >= 4 is 11.0 Å². The summed E-state index contributed by atoms with van der Waals surface area (Å²) in [5.74, 6) is 1.13. The van der Waals surface area contributed by atoms with Gasteiger partial charge >= 0.3 is 0 Å². The number of benzene rings is 1. The van der Waals surface area contributed by atoms with E-state index in [9.17, 15) is 0 Å². The molecular formula is C18H28N2. The highest BCUT2D eigenvalue weighted by Crippen LogP contribution is 2.32. The van der Waals surface area contributed by atoms with Crippen molar-refractivity contribution in [1.29, 1.82) is 0 Å². The summed E-state index contributed by atoms with van der Waals surface area (Å²) in [7, 11) is 0. The average molecular weight is 272 g/mol. The van der Waals surface area contributed by atoms with Crippen LogP contribution in [0.25, 0.3) is 11.0 Å². The Labute approximate surface area is 123 Å². The van der Waals surface area contributed by atoms with Crippen LogP contribution >= 0.6 is 0 Å². The fourth-order valence-electron chi connectivity index (χ4n) is 2.50. The maximum Gasteiger partial charge on any atom is 0.113 e. The maximum atomic E-state index is 4.88. The van der Waals surface area contributed by atoms with Gasteiger partial charge in [-0.1, -0.05) is 47.6 Å². The Morgan fingerprint density at radius 1 is 1.00 bits per heavy atom. The molecule has 0 aliphatic rings. The van der Waals surface area contributed by atoms with E-state index >= 15 is 0 Å². The van der Waals surface area contributed by atoms with Crippen LogP contribution in [0.2, 0.25) is 0 Å². The van der Waals surface area contributed by atoms with Crippen molar-refractivity contribution in [3.63, 3.8) is 0 Å². The molecule has 0 unspecified atom stereocenters. The minimum absolute atomic E-state index is 0.152. The van der Waals surface area contributed by atoms with E-state index in [1.54, 1.807) is 0 Å². The lowest BCUT2D eigenvalue weighted by atomic mass is 9.82. The van der Waals surface area contributed by atoms with Crippen molar-refractivity contribution < 1.29 is 0 Å². The highest BCUT2D eigenvalue weighted by Gasteiger charge is 2.26. The van der Waals surface area contributed by atoms with Crippen molar-refractivity contribution in [2.24, 2.45) is 0 Å². The summed E-state index contributed by atoms with van der Waals surface area (Å²) >= 11 is 0. The Hall–Kier alpha value is -1.31. The van der Waals surface area contributed by atoms with Crippen LogP contribution in [-0.2, 0) is 10.8 Å². The van der Waals surface area contributed by atoms with Crippen LogP contribution in [0.5, 0.6) is 0 Å². The second-order valence-electron chi connectivity index (χ2n) is 6.82. The van der Waals surface area contributed by atoms with Gasteiger partial charge in [0.1, 0.15) is 5.82 Å². The fraction of sp³-hybridized carbons (Fsp3) is 0.611. The zero-order chi connectivity index (χ0) is 15.0. The standard InChI is InChI=1S/C18H28N2/c1-7-17(4,5)13-10-11-14-15(12-13)20-16(19-14)18(6,8-2)9-3/h10-12H,7-9H2,1-6H3,(H,19,20). The minimum atomic E-state index is 0.152. The second-order valence-corrected chi connectivity index (χ2v) is 6.82. The number of fused-ring (bicyclic) bond motifs is 1. The maximum absolute atomic E-state index is 4.88. The van der Waals surface area contributed by atoms with E-state index in [0.29, 0.717) is 0 Å². The van der Waals surface area contributed by atoms with Gasteiger partial charge in [0.25, 0.3) is 0 Å². The van der Waals surface area contributed by atoms with E-state index in [0.717, 1.165) is 36.1 Å². The Balaban J connectivity index is 2.50. The molecule has 1 heterocycles. The first-order valence-corrected chi connectivity index (χ1v) is 7.87. The lowest BCUT2D eigenvalue weighted by molar-refractivity contribution is 0.416. The number of aromatic nitrogens is 2. The van der Waals surface area contributed by atoms with Gasteiger partial charge in [0, 0.05) is 5.41 Å². The first-order chi connectivity index (χ1) is 9.36. The summed E-state index contributed by atoms with van der Waals surface area (Å²) in [4.78, 5) is 8.40. The summed E-state index contributed by atoms with van der Waals surface area (Å²) in [5, 5.41) is 0. The minimum Gasteiger partial charge on any atom is -0.342 e. The van der Waals surface area contributed by atoms with Crippen molar-refractivity contribution in [1.82, 2.24) is 9.97 Å². The summed E-state index contributed by atoms with van der Waals surface area (Å²) in [6.07, 6.45) is 3.35. The molecule has 2 aromatic rings. The normalized spacial score (nSPS) is 13.1. The molecule has 1 aromatic heterocycles. The molecule has 0 saturated heterocycles. The zero-order valence-electron chi connectivity index (χ0n) is 13.8. The molecule has 110 valence electrons. The molecular weight excluding hydrogens is 244 g/mol. The van der Waals surface area contributed by atoms with Crippen LogP contribution in [0.3, 0.4) is 0 Å². The third kappa shape index (κ3) is 2.48. The molecule has 2 nitrogen and oxygen atoms in total. The van der Waals surface area contributed by atoms with Crippen LogP contribution in [-0.4, -0.2) is 9.97 Å². The van der Waals surface area contributed by atoms with E-state index in [1.807, 2.05) is 0 Å². The molecule has 0 spiro atoms. The van der Waals surface area contributed by atoms with Crippen LogP contribution < -0.4 is 0 Å². The van der Waals surface area contributed by atoms with Gasteiger partial charge in [0.15, 0.2) is 0 Å². The summed E-state index contributed by atoms with van der Waals surface area (Å²) in [6, 6.07) is 6.68. The molecule has 0 aliphatic carbocycles. The lowest BCUT2D eigenvalue weighted by Gasteiger charge is -2.23. The number of rotatable bonds is 5. The highest BCUT2D eigenvalue weighted by atomic mass is 14.9. The molecule has 1 N–H and O–H groups in total. The highest BCUT2D eigenvalue weighted by molar-refractivity contribution is 5.76. The number of imidazole rings is 1. The SMILES string of the molecule is CCC(C)(C)c1ccc2[nH]c(C(C)(CC)CC)nc2c1. The van der Waals surface area contributed by atoms with Crippen LogP contribution in [0.15, 0.2) is 18.2 Å². The van der Waals surface area contributed by atoms with Crippen molar-refractivity contribution in [3.05, 3.63) is 29.6 Å². The summed E-state index contributed by atoms with van der Waals surface area (Å²) in [6.45, 7) is 13.6. The Kier molecular flexibility index (Phi) is 3.95. The molecule has 1 aromatic carbocycles. The topological polar surface area (TPSA) is 28.7 Å². The third-order valence-corrected chi connectivity index (χ3v) is 5.28. The largest absolute Gasteiger partial charge is 0.342 e. The van der Waals surface area contributed by atoms with Crippen LogP contribution in [0.1, 0.15) is 72.2 Å². The molecule has 2 rings (SSSR count). The van der Waals surface area contributed by atoms with Gasteiger partial charge in [-0.2, -0.15) is 0 Å².